The molecule has 2 aromatic heterocycles. The van der Waals surface area contributed by atoms with Crippen molar-refractivity contribution < 1.29 is 21.8 Å². The second-order valence-corrected chi connectivity index (χ2v) is 9.07. The summed E-state index contributed by atoms with van der Waals surface area (Å²) < 4.78 is 1.98. The Balaban J connectivity index is 0.00000336. The number of hydrogen-bond acceptors (Lipinski definition) is 5. The Morgan fingerprint density at radius 3 is 2.05 bits per heavy atom. The first-order chi connectivity index (χ1) is 17.9. The van der Waals surface area contributed by atoms with Gasteiger partial charge in [0.2, 0.25) is 0 Å². The van der Waals surface area contributed by atoms with E-state index in [2.05, 4.69) is 38.0 Å². The van der Waals surface area contributed by atoms with E-state index in [1.54, 1.807) is 6.20 Å². The van der Waals surface area contributed by atoms with E-state index in [9.17, 15) is 4.79 Å². The van der Waals surface area contributed by atoms with Crippen molar-refractivity contribution in [3.05, 3.63) is 109 Å². The largest absolute Gasteiger partial charge is 1.00 e. The normalized spacial score (nSPS) is 10.4. The number of pyridine rings is 2. The highest BCUT2D eigenvalue weighted by atomic mass is 35.5. The number of nitrogens with one attached hydrogen (secondary N) is 3. The molecule has 0 bridgehead atoms. The molecule has 1 amide bonds. The quantitative estimate of drug-likeness (QED) is 0.286. The van der Waals surface area contributed by atoms with Crippen LogP contribution in [0.3, 0.4) is 0 Å². The lowest BCUT2D eigenvalue weighted by molar-refractivity contribution is -0.671. The standard InChI is InChI=1S/C30H28N6O.ClH/c1-35(2)26-12-13-28-27(20-26)29(14-17-31-28)33-23-8-10-24(11-9-23)34-30(37)21-4-6-22(7-5-21)32-25-15-18-36(3)19-16-25;/h4-20H,1-3H3,(H2,31,33,34,37);1H. The van der Waals surface area contributed by atoms with E-state index in [-0.39, 0.29) is 18.3 Å². The van der Waals surface area contributed by atoms with Gasteiger partial charge in [0.05, 0.1) is 11.2 Å². The second-order valence-electron chi connectivity index (χ2n) is 9.07. The van der Waals surface area contributed by atoms with E-state index in [1.165, 1.54) is 0 Å². The zero-order valence-electron chi connectivity index (χ0n) is 21.4. The van der Waals surface area contributed by atoms with Gasteiger partial charge in [-0.15, -0.1) is 0 Å². The Hall–Kier alpha value is -4.62. The summed E-state index contributed by atoms with van der Waals surface area (Å²) in [5, 5.41) is 10.8. The zero-order chi connectivity index (χ0) is 25.8. The lowest BCUT2D eigenvalue weighted by atomic mass is 10.1. The minimum atomic E-state index is -0.157. The van der Waals surface area contributed by atoms with Crippen molar-refractivity contribution in [3.63, 3.8) is 0 Å². The van der Waals surface area contributed by atoms with Crippen molar-refractivity contribution in [2.75, 3.05) is 34.9 Å². The molecule has 0 radical (unpaired) electrons. The van der Waals surface area contributed by atoms with Gasteiger partial charge < -0.3 is 33.3 Å². The smallest absolute Gasteiger partial charge is 0.255 e. The van der Waals surface area contributed by atoms with Crippen LogP contribution in [0.4, 0.5) is 34.1 Å². The molecule has 7 nitrogen and oxygen atoms in total. The third-order valence-corrected chi connectivity index (χ3v) is 6.08. The number of rotatable bonds is 7. The number of nitrogens with zero attached hydrogens (tertiary/aromatic N) is 3. The summed E-state index contributed by atoms with van der Waals surface area (Å²) in [7, 11) is 6.02. The van der Waals surface area contributed by atoms with E-state index in [0.717, 1.165) is 45.0 Å². The van der Waals surface area contributed by atoms with Crippen LogP contribution >= 0.6 is 0 Å². The molecule has 38 heavy (non-hydrogen) atoms. The van der Waals surface area contributed by atoms with Crippen molar-refractivity contribution in [1.29, 1.82) is 0 Å². The molecule has 192 valence electrons. The highest BCUT2D eigenvalue weighted by Crippen LogP contribution is 2.29. The Kier molecular flexibility index (Phi) is 8.09. The molecule has 3 aromatic carbocycles. The molecule has 3 N–H and O–H groups in total. The summed E-state index contributed by atoms with van der Waals surface area (Å²) in [5.74, 6) is -0.157. The number of anilines is 6. The molecule has 0 aliphatic rings. The highest BCUT2D eigenvalue weighted by molar-refractivity contribution is 6.04. The average molecular weight is 525 g/mol. The van der Waals surface area contributed by atoms with Crippen molar-refractivity contribution in [3.8, 4) is 0 Å². The predicted octanol–water partition coefficient (Wildman–Crippen LogP) is 2.87. The summed E-state index contributed by atoms with van der Waals surface area (Å²) >= 11 is 0. The van der Waals surface area contributed by atoms with E-state index >= 15 is 0 Å². The van der Waals surface area contributed by atoms with Crippen LogP contribution in [0.2, 0.25) is 0 Å². The minimum Gasteiger partial charge on any atom is -1.00 e. The molecule has 0 aliphatic carbocycles. The van der Waals surface area contributed by atoms with Crippen molar-refractivity contribution in [2.45, 2.75) is 0 Å². The number of halogens is 1. The lowest BCUT2D eigenvalue weighted by Crippen LogP contribution is -3.00. The van der Waals surface area contributed by atoms with Gasteiger partial charge in [-0.3, -0.25) is 9.78 Å². The van der Waals surface area contributed by atoms with E-state index in [0.29, 0.717) is 5.56 Å². The fraction of sp³-hybridized carbons (Fsp3) is 0.100. The van der Waals surface area contributed by atoms with Crippen molar-refractivity contribution in [2.24, 2.45) is 7.05 Å². The zero-order valence-corrected chi connectivity index (χ0v) is 22.2. The Labute approximate surface area is 228 Å². The van der Waals surface area contributed by atoms with E-state index < -0.39 is 0 Å². The lowest BCUT2D eigenvalue weighted by Gasteiger charge is -2.15. The van der Waals surface area contributed by atoms with Crippen LogP contribution in [0.5, 0.6) is 0 Å². The van der Waals surface area contributed by atoms with Gasteiger partial charge in [-0.1, -0.05) is 0 Å². The predicted molar refractivity (Wildman–Crippen MR) is 151 cm³/mol. The Morgan fingerprint density at radius 1 is 0.763 bits per heavy atom. The van der Waals surface area contributed by atoms with Crippen LogP contribution in [0.1, 0.15) is 10.4 Å². The van der Waals surface area contributed by atoms with Crippen LogP contribution in [-0.2, 0) is 7.05 Å². The molecule has 0 saturated heterocycles. The summed E-state index contributed by atoms with van der Waals surface area (Å²) in [6.45, 7) is 0. The SMILES string of the molecule is CN(C)c1ccc2nccc(Nc3ccc(NC(=O)c4ccc(Nc5cc[n+](C)cc5)cc4)cc3)c2c1.[Cl-]. The first kappa shape index (κ1) is 26.4. The highest BCUT2D eigenvalue weighted by Gasteiger charge is 2.08. The van der Waals surface area contributed by atoms with Gasteiger partial charge in [-0.05, 0) is 72.8 Å². The van der Waals surface area contributed by atoms with Gasteiger partial charge in [-0.25, -0.2) is 4.57 Å². The Bertz CT molecular complexity index is 1530. The molecule has 0 fully saturated rings. The summed E-state index contributed by atoms with van der Waals surface area (Å²) in [4.78, 5) is 19.3. The van der Waals surface area contributed by atoms with Crippen molar-refractivity contribution in [1.82, 2.24) is 4.98 Å². The maximum absolute atomic E-state index is 12.8. The van der Waals surface area contributed by atoms with Crippen LogP contribution < -0.4 is 37.8 Å². The summed E-state index contributed by atoms with van der Waals surface area (Å²) in [6.07, 6.45) is 5.76. The third-order valence-electron chi connectivity index (χ3n) is 6.08. The number of fused-ring (bicyclic) bond motifs is 1. The van der Waals surface area contributed by atoms with Gasteiger partial charge in [0.15, 0.2) is 12.4 Å². The fourth-order valence-electron chi connectivity index (χ4n) is 3.97. The molecule has 0 spiro atoms. The average Bonchev–Trinajstić information content (AvgIpc) is 2.91. The van der Waals surface area contributed by atoms with Gasteiger partial charge >= 0.3 is 0 Å². The molecule has 0 atom stereocenters. The van der Waals surface area contributed by atoms with Crippen molar-refractivity contribution >= 4 is 50.9 Å². The molecule has 0 saturated carbocycles. The first-order valence-electron chi connectivity index (χ1n) is 12.0. The van der Waals surface area contributed by atoms with Gasteiger partial charge in [0.25, 0.3) is 5.91 Å². The van der Waals surface area contributed by atoms with Crippen LogP contribution in [0.15, 0.2) is 104 Å². The van der Waals surface area contributed by atoms with Crippen LogP contribution in [-0.4, -0.2) is 25.0 Å². The van der Waals surface area contributed by atoms with Gasteiger partial charge in [-0.2, -0.15) is 0 Å². The molecular weight excluding hydrogens is 496 g/mol. The van der Waals surface area contributed by atoms with E-state index in [1.807, 2.05) is 111 Å². The maximum Gasteiger partial charge on any atom is 0.255 e. The molecule has 0 unspecified atom stereocenters. The molecular formula is C30H29ClN6O. The number of hydrogen-bond donors (Lipinski definition) is 3. The summed E-state index contributed by atoms with van der Waals surface area (Å²) in [5.41, 5.74) is 7.16. The monoisotopic (exact) mass is 524 g/mol. The number of aromatic nitrogens is 2. The second kappa shape index (κ2) is 11.6. The van der Waals surface area contributed by atoms with Gasteiger partial charge in [0.1, 0.15) is 7.05 Å². The molecule has 8 heteroatoms. The fourth-order valence-corrected chi connectivity index (χ4v) is 3.97. The molecule has 5 rings (SSSR count). The van der Waals surface area contributed by atoms with Crippen LogP contribution in [0, 0.1) is 0 Å². The number of benzene rings is 3. The minimum absolute atomic E-state index is 0. The number of aryl methyl sites for hydroxylation is 1. The number of carbonyl (C=O) groups is 1. The van der Waals surface area contributed by atoms with Gasteiger partial charge in [0, 0.05) is 71.8 Å². The molecule has 0 aliphatic heterocycles. The topological polar surface area (TPSA) is 73.2 Å². The first-order valence-corrected chi connectivity index (χ1v) is 12.0. The summed E-state index contributed by atoms with van der Waals surface area (Å²) in [6, 6.07) is 27.3. The maximum atomic E-state index is 12.8. The van der Waals surface area contributed by atoms with E-state index in [4.69, 9.17) is 0 Å². The molecule has 5 aromatic rings. The third kappa shape index (κ3) is 6.19. The molecule has 2 heterocycles. The Morgan fingerprint density at radius 2 is 1.37 bits per heavy atom. The number of carbonyl (C=O) groups excluding carboxylic acids is 1. The van der Waals surface area contributed by atoms with Crippen LogP contribution in [0.25, 0.3) is 10.9 Å². The number of amides is 1.